The van der Waals surface area contributed by atoms with Gasteiger partial charge in [-0.2, -0.15) is 0 Å². The fourth-order valence-electron chi connectivity index (χ4n) is 2.57. The molecule has 0 spiro atoms. The van der Waals surface area contributed by atoms with Crippen LogP contribution in [0.25, 0.3) is 4.96 Å². The number of imidazole rings is 1. The molecule has 2 aromatic rings. The van der Waals surface area contributed by atoms with E-state index in [9.17, 15) is 0 Å². The Morgan fingerprint density at radius 3 is 3.00 bits per heavy atom. The van der Waals surface area contributed by atoms with E-state index in [2.05, 4.69) is 39.4 Å². The first-order valence-electron chi connectivity index (χ1n) is 6.46. The van der Waals surface area contributed by atoms with E-state index >= 15 is 0 Å². The molecule has 92 valence electrons. The molecule has 4 heteroatoms. The number of hydrogen-bond acceptors (Lipinski definition) is 3. The van der Waals surface area contributed by atoms with Gasteiger partial charge in [0.05, 0.1) is 5.69 Å². The van der Waals surface area contributed by atoms with Crippen LogP contribution in [0.4, 0.5) is 0 Å². The van der Waals surface area contributed by atoms with Crippen LogP contribution in [0.3, 0.4) is 0 Å². The number of rotatable bonds is 3. The third kappa shape index (κ3) is 2.53. The summed E-state index contributed by atoms with van der Waals surface area (Å²) in [5, 5.41) is 5.71. The molecule has 0 amide bonds. The molecule has 0 bridgehead atoms. The summed E-state index contributed by atoms with van der Waals surface area (Å²) in [5.74, 6) is 0.922. The van der Waals surface area contributed by atoms with E-state index in [1.165, 1.54) is 25.7 Å². The fourth-order valence-corrected chi connectivity index (χ4v) is 3.29. The summed E-state index contributed by atoms with van der Waals surface area (Å²) in [7, 11) is 0. The Balaban J connectivity index is 1.55. The zero-order valence-electron chi connectivity index (χ0n) is 10.2. The van der Waals surface area contributed by atoms with Crippen molar-refractivity contribution in [3.05, 3.63) is 23.5 Å². The maximum Gasteiger partial charge on any atom is 0.193 e. The van der Waals surface area contributed by atoms with Crippen molar-refractivity contribution < 1.29 is 0 Å². The van der Waals surface area contributed by atoms with Gasteiger partial charge in [0.1, 0.15) is 0 Å². The SMILES string of the molecule is CC1CCC(NCc2cn3ccsc3n2)CC1. The second-order valence-electron chi connectivity index (χ2n) is 5.16. The maximum absolute atomic E-state index is 4.59. The third-order valence-electron chi connectivity index (χ3n) is 3.73. The molecular weight excluding hydrogens is 230 g/mol. The van der Waals surface area contributed by atoms with Crippen LogP contribution in [0.15, 0.2) is 17.8 Å². The van der Waals surface area contributed by atoms with Crippen LogP contribution >= 0.6 is 11.3 Å². The van der Waals surface area contributed by atoms with E-state index in [-0.39, 0.29) is 0 Å². The van der Waals surface area contributed by atoms with E-state index in [0.717, 1.165) is 23.1 Å². The van der Waals surface area contributed by atoms with Gasteiger partial charge in [-0.15, -0.1) is 11.3 Å². The topological polar surface area (TPSA) is 29.3 Å². The van der Waals surface area contributed by atoms with Gasteiger partial charge in [-0.05, 0) is 31.6 Å². The minimum absolute atomic E-state index is 0.700. The monoisotopic (exact) mass is 249 g/mol. The smallest absolute Gasteiger partial charge is 0.193 e. The minimum Gasteiger partial charge on any atom is -0.308 e. The van der Waals surface area contributed by atoms with Crippen molar-refractivity contribution in [3.8, 4) is 0 Å². The van der Waals surface area contributed by atoms with Gasteiger partial charge in [0.2, 0.25) is 0 Å². The Labute approximate surface area is 106 Å². The lowest BCUT2D eigenvalue weighted by atomic mass is 9.87. The van der Waals surface area contributed by atoms with Gasteiger partial charge in [-0.25, -0.2) is 4.98 Å². The van der Waals surface area contributed by atoms with E-state index in [0.29, 0.717) is 6.04 Å². The third-order valence-corrected chi connectivity index (χ3v) is 4.50. The van der Waals surface area contributed by atoms with Crippen LogP contribution < -0.4 is 5.32 Å². The summed E-state index contributed by atoms with van der Waals surface area (Å²) in [5.41, 5.74) is 1.16. The lowest BCUT2D eigenvalue weighted by Gasteiger charge is -2.26. The predicted octanol–water partition coefficient (Wildman–Crippen LogP) is 3.06. The Kier molecular flexibility index (Phi) is 3.16. The minimum atomic E-state index is 0.700. The zero-order chi connectivity index (χ0) is 11.7. The van der Waals surface area contributed by atoms with Crippen LogP contribution in [-0.2, 0) is 6.54 Å². The van der Waals surface area contributed by atoms with E-state index in [1.807, 2.05) is 0 Å². The number of thiazole rings is 1. The number of nitrogens with zero attached hydrogens (tertiary/aromatic N) is 2. The van der Waals surface area contributed by atoms with Crippen LogP contribution in [0.1, 0.15) is 38.3 Å². The fraction of sp³-hybridized carbons (Fsp3) is 0.615. The highest BCUT2D eigenvalue weighted by atomic mass is 32.1. The van der Waals surface area contributed by atoms with Crippen LogP contribution in [0.2, 0.25) is 0 Å². The lowest BCUT2D eigenvalue weighted by molar-refractivity contribution is 0.306. The first-order chi connectivity index (χ1) is 8.31. The van der Waals surface area contributed by atoms with Crippen molar-refractivity contribution >= 4 is 16.3 Å². The van der Waals surface area contributed by atoms with Gasteiger partial charge >= 0.3 is 0 Å². The summed E-state index contributed by atoms with van der Waals surface area (Å²) >= 11 is 1.69. The second kappa shape index (κ2) is 4.78. The molecule has 1 aliphatic rings. The first kappa shape index (κ1) is 11.2. The molecule has 3 nitrogen and oxygen atoms in total. The van der Waals surface area contributed by atoms with Crippen molar-refractivity contribution in [3.63, 3.8) is 0 Å². The molecule has 0 radical (unpaired) electrons. The van der Waals surface area contributed by atoms with Gasteiger partial charge in [0, 0.05) is 30.4 Å². The van der Waals surface area contributed by atoms with Crippen LogP contribution in [0.5, 0.6) is 0 Å². The molecule has 1 aliphatic carbocycles. The van der Waals surface area contributed by atoms with E-state index in [4.69, 9.17) is 0 Å². The summed E-state index contributed by atoms with van der Waals surface area (Å²) in [4.78, 5) is 5.69. The average molecular weight is 249 g/mol. The van der Waals surface area contributed by atoms with E-state index in [1.54, 1.807) is 11.3 Å². The van der Waals surface area contributed by atoms with Crippen molar-refractivity contribution in [1.29, 1.82) is 0 Å². The molecule has 2 aromatic heterocycles. The zero-order valence-corrected chi connectivity index (χ0v) is 11.0. The van der Waals surface area contributed by atoms with Crippen molar-refractivity contribution in [2.75, 3.05) is 0 Å². The Morgan fingerprint density at radius 2 is 2.24 bits per heavy atom. The van der Waals surface area contributed by atoms with Crippen molar-refractivity contribution in [1.82, 2.24) is 14.7 Å². The normalized spacial score (nSPS) is 25.5. The average Bonchev–Trinajstić information content (AvgIpc) is 2.88. The van der Waals surface area contributed by atoms with Gasteiger partial charge in [0.25, 0.3) is 0 Å². The quantitative estimate of drug-likeness (QED) is 0.906. The largest absolute Gasteiger partial charge is 0.308 e. The maximum atomic E-state index is 4.59. The number of hydrogen-bond donors (Lipinski definition) is 1. The molecule has 0 saturated heterocycles. The van der Waals surface area contributed by atoms with Gasteiger partial charge in [-0.1, -0.05) is 6.92 Å². The highest BCUT2D eigenvalue weighted by Crippen LogP contribution is 2.23. The number of aromatic nitrogens is 2. The molecule has 0 unspecified atom stereocenters. The summed E-state index contributed by atoms with van der Waals surface area (Å²) in [6.07, 6.45) is 9.59. The lowest BCUT2D eigenvalue weighted by Crippen LogP contribution is -2.32. The van der Waals surface area contributed by atoms with Crippen LogP contribution in [-0.4, -0.2) is 15.4 Å². The molecule has 1 N–H and O–H groups in total. The second-order valence-corrected chi connectivity index (χ2v) is 6.04. The number of nitrogens with one attached hydrogen (secondary N) is 1. The Bertz CT molecular complexity index is 451. The highest BCUT2D eigenvalue weighted by Gasteiger charge is 2.17. The molecular formula is C13H19N3S. The molecule has 1 fully saturated rings. The van der Waals surface area contributed by atoms with Gasteiger partial charge in [0.15, 0.2) is 4.96 Å². The molecule has 3 rings (SSSR count). The van der Waals surface area contributed by atoms with E-state index < -0.39 is 0 Å². The van der Waals surface area contributed by atoms with Gasteiger partial charge in [-0.3, -0.25) is 4.40 Å². The summed E-state index contributed by atoms with van der Waals surface area (Å²) < 4.78 is 2.10. The molecule has 0 aromatic carbocycles. The molecule has 0 aliphatic heterocycles. The molecule has 17 heavy (non-hydrogen) atoms. The summed E-state index contributed by atoms with van der Waals surface area (Å²) in [6, 6.07) is 0.700. The molecule has 0 atom stereocenters. The summed E-state index contributed by atoms with van der Waals surface area (Å²) in [6.45, 7) is 3.27. The first-order valence-corrected chi connectivity index (χ1v) is 7.33. The standard InChI is InChI=1S/C13H19N3S/c1-10-2-4-11(5-3-10)14-8-12-9-16-6-7-17-13(16)15-12/h6-7,9-11,14H,2-5,8H2,1H3. The molecule has 2 heterocycles. The Hall–Kier alpha value is -0.870. The Morgan fingerprint density at radius 1 is 1.41 bits per heavy atom. The highest BCUT2D eigenvalue weighted by molar-refractivity contribution is 7.15. The molecule has 1 saturated carbocycles. The van der Waals surface area contributed by atoms with Gasteiger partial charge < -0.3 is 5.32 Å². The number of fused-ring (bicyclic) bond motifs is 1. The van der Waals surface area contributed by atoms with Crippen LogP contribution in [0, 0.1) is 5.92 Å². The van der Waals surface area contributed by atoms with Crippen molar-refractivity contribution in [2.24, 2.45) is 5.92 Å². The predicted molar refractivity (Wildman–Crippen MR) is 71.3 cm³/mol. The van der Waals surface area contributed by atoms with Crippen molar-refractivity contribution in [2.45, 2.75) is 45.2 Å².